The Morgan fingerprint density at radius 3 is 2.17 bits per heavy atom. The van der Waals surface area contributed by atoms with Gasteiger partial charge in [0.2, 0.25) is 0 Å². The van der Waals surface area contributed by atoms with E-state index in [1.54, 1.807) is 0 Å². The van der Waals surface area contributed by atoms with Crippen molar-refractivity contribution in [2.45, 2.75) is 71.1 Å². The van der Waals surface area contributed by atoms with Crippen molar-refractivity contribution in [1.82, 2.24) is 4.72 Å². The number of nitrogens with one attached hydrogen (secondary N) is 1. The van der Waals surface area contributed by atoms with Crippen LogP contribution in [0.3, 0.4) is 0 Å². The second-order valence-corrected chi connectivity index (χ2v) is 8.30. The molecule has 0 heterocycles. The van der Waals surface area contributed by atoms with Crippen LogP contribution in [-0.4, -0.2) is 25.6 Å². The van der Waals surface area contributed by atoms with E-state index >= 15 is 0 Å². The van der Waals surface area contributed by atoms with E-state index in [0.29, 0.717) is 12.3 Å². The molecule has 108 valence electrons. The first kappa shape index (κ1) is 17.6. The molecule has 0 radical (unpaired) electrons. The predicted octanol–water partition coefficient (Wildman–Crippen LogP) is 2.71. The lowest BCUT2D eigenvalue weighted by Gasteiger charge is -2.34. The van der Waals surface area contributed by atoms with E-state index in [9.17, 15) is 9.00 Å². The summed E-state index contributed by atoms with van der Waals surface area (Å²) in [7, 11) is -1.25. The van der Waals surface area contributed by atoms with Crippen molar-refractivity contribution in [3.05, 3.63) is 0 Å². The zero-order valence-corrected chi connectivity index (χ0v) is 13.2. The van der Waals surface area contributed by atoms with Gasteiger partial charge < -0.3 is 5.11 Å². The Kier molecular flexibility index (Phi) is 6.51. The molecule has 0 saturated carbocycles. The fourth-order valence-electron chi connectivity index (χ4n) is 1.77. The summed E-state index contributed by atoms with van der Waals surface area (Å²) in [5.41, 5.74) is -0.626. The maximum absolute atomic E-state index is 12.1. The van der Waals surface area contributed by atoms with Crippen LogP contribution in [0.2, 0.25) is 0 Å². The van der Waals surface area contributed by atoms with Gasteiger partial charge in [0.15, 0.2) is 0 Å². The largest absolute Gasteiger partial charge is 0.481 e. The molecule has 0 aliphatic rings. The van der Waals surface area contributed by atoms with Crippen molar-refractivity contribution in [3.8, 4) is 0 Å². The van der Waals surface area contributed by atoms with Crippen LogP contribution in [-0.2, 0) is 15.8 Å². The number of hydrogen-bond donors (Lipinski definition) is 2. The van der Waals surface area contributed by atoms with Crippen LogP contribution in [0.4, 0.5) is 0 Å². The van der Waals surface area contributed by atoms with Crippen LogP contribution in [0.5, 0.6) is 0 Å². The first-order chi connectivity index (χ1) is 8.00. The summed E-state index contributed by atoms with van der Waals surface area (Å²) in [5, 5.41) is 9.01. The molecule has 3 atom stereocenters. The number of rotatable bonds is 7. The number of carbonyl (C=O) groups is 1. The third-order valence-corrected chi connectivity index (χ3v) is 4.72. The predicted molar refractivity (Wildman–Crippen MR) is 75.8 cm³/mol. The second kappa shape index (κ2) is 6.66. The molecule has 18 heavy (non-hydrogen) atoms. The quantitative estimate of drug-likeness (QED) is 0.752. The monoisotopic (exact) mass is 277 g/mol. The average Bonchev–Trinajstić information content (AvgIpc) is 2.13. The Labute approximate surface area is 113 Å². The van der Waals surface area contributed by atoms with Crippen LogP contribution in [0.1, 0.15) is 60.8 Å². The molecule has 0 aromatic carbocycles. The molecule has 0 bridgehead atoms. The molecule has 3 unspecified atom stereocenters. The number of hydrogen-bond acceptors (Lipinski definition) is 2. The molecule has 0 aromatic rings. The molecule has 0 amide bonds. The highest BCUT2D eigenvalue weighted by molar-refractivity contribution is 7.84. The Hall–Kier alpha value is -0.420. The first-order valence-corrected chi connectivity index (χ1v) is 7.56. The zero-order chi connectivity index (χ0) is 14.6. The normalized spacial score (nSPS) is 19.0. The lowest BCUT2D eigenvalue weighted by molar-refractivity contribution is -0.138. The van der Waals surface area contributed by atoms with Crippen LogP contribution in [0.25, 0.3) is 0 Å². The Morgan fingerprint density at radius 1 is 1.33 bits per heavy atom. The molecule has 0 spiro atoms. The summed E-state index contributed by atoms with van der Waals surface area (Å²) in [6.45, 7) is 11.6. The van der Waals surface area contributed by atoms with Gasteiger partial charge in [0.1, 0.15) is 0 Å². The van der Waals surface area contributed by atoms with E-state index in [0.717, 1.165) is 6.42 Å². The fraction of sp³-hybridized carbons (Fsp3) is 0.923. The Morgan fingerprint density at radius 2 is 1.83 bits per heavy atom. The standard InChI is InChI=1S/C13H27NO3S/c1-7-10(2)8-13(6,9-11(15)16)14-18(17)12(3,4)5/h10,14H,7-9H2,1-6H3,(H,15,16). The van der Waals surface area contributed by atoms with E-state index in [-0.39, 0.29) is 6.42 Å². The van der Waals surface area contributed by atoms with Crippen molar-refractivity contribution in [1.29, 1.82) is 0 Å². The highest BCUT2D eigenvalue weighted by Gasteiger charge is 2.33. The summed E-state index contributed by atoms with van der Waals surface area (Å²) in [5.74, 6) is -0.460. The molecule has 4 nitrogen and oxygen atoms in total. The second-order valence-electron chi connectivity index (χ2n) is 6.33. The summed E-state index contributed by atoms with van der Waals surface area (Å²) >= 11 is 0. The van der Waals surface area contributed by atoms with Crippen molar-refractivity contribution in [3.63, 3.8) is 0 Å². The molecule has 0 aromatic heterocycles. The van der Waals surface area contributed by atoms with Crippen LogP contribution < -0.4 is 4.72 Å². The number of aliphatic carboxylic acids is 1. The molecule has 0 rings (SSSR count). The topological polar surface area (TPSA) is 66.4 Å². The Bertz CT molecular complexity index is 312. The molecule has 5 heteroatoms. The van der Waals surface area contributed by atoms with Crippen molar-refractivity contribution in [2.75, 3.05) is 0 Å². The molecule has 0 aliphatic carbocycles. The maximum atomic E-state index is 12.1. The zero-order valence-electron chi connectivity index (χ0n) is 12.4. The number of carboxylic acids is 1. The van der Waals surface area contributed by atoms with E-state index in [4.69, 9.17) is 5.11 Å². The van der Waals surface area contributed by atoms with Crippen LogP contribution in [0.15, 0.2) is 0 Å². The lowest BCUT2D eigenvalue weighted by atomic mass is 9.87. The minimum atomic E-state index is -1.25. The smallest absolute Gasteiger partial charge is 0.305 e. The van der Waals surface area contributed by atoms with Gasteiger partial charge in [-0.2, -0.15) is 0 Å². The lowest BCUT2D eigenvalue weighted by Crippen LogP contribution is -2.50. The summed E-state index contributed by atoms with van der Waals surface area (Å²) in [6.07, 6.45) is 1.68. The van der Waals surface area contributed by atoms with Gasteiger partial charge in [-0.25, -0.2) is 8.93 Å². The molecular formula is C13H27NO3S. The van der Waals surface area contributed by atoms with Crippen molar-refractivity contribution in [2.24, 2.45) is 5.92 Å². The number of carboxylic acid groups (broad SMARTS) is 1. The average molecular weight is 277 g/mol. The van der Waals surface area contributed by atoms with Crippen molar-refractivity contribution >= 4 is 17.0 Å². The van der Waals surface area contributed by atoms with E-state index in [1.807, 2.05) is 27.7 Å². The molecule has 0 fully saturated rings. The van der Waals surface area contributed by atoms with Gasteiger partial charge in [-0.05, 0) is 40.0 Å². The highest BCUT2D eigenvalue weighted by Crippen LogP contribution is 2.25. The van der Waals surface area contributed by atoms with Gasteiger partial charge in [0.25, 0.3) is 0 Å². The minimum absolute atomic E-state index is 0.0147. The Balaban J connectivity index is 4.87. The van der Waals surface area contributed by atoms with Gasteiger partial charge in [0.05, 0.1) is 22.2 Å². The van der Waals surface area contributed by atoms with Gasteiger partial charge in [-0.15, -0.1) is 0 Å². The molecular weight excluding hydrogens is 250 g/mol. The van der Waals surface area contributed by atoms with Gasteiger partial charge in [0, 0.05) is 5.54 Å². The minimum Gasteiger partial charge on any atom is -0.481 e. The summed E-state index contributed by atoms with van der Waals surface area (Å²) in [6, 6.07) is 0. The molecule has 0 aliphatic heterocycles. The fourth-order valence-corrected chi connectivity index (χ4v) is 2.68. The van der Waals surface area contributed by atoms with Gasteiger partial charge in [-0.1, -0.05) is 20.3 Å². The molecule has 2 N–H and O–H groups in total. The highest BCUT2D eigenvalue weighted by atomic mass is 32.2. The van der Waals surface area contributed by atoms with Gasteiger partial charge in [-0.3, -0.25) is 4.79 Å². The van der Waals surface area contributed by atoms with E-state index in [1.165, 1.54) is 0 Å². The van der Waals surface area contributed by atoms with Crippen LogP contribution in [0, 0.1) is 5.92 Å². The third-order valence-electron chi connectivity index (χ3n) is 2.93. The van der Waals surface area contributed by atoms with Gasteiger partial charge >= 0.3 is 5.97 Å². The maximum Gasteiger partial charge on any atom is 0.305 e. The summed E-state index contributed by atoms with van der Waals surface area (Å²) < 4.78 is 14.8. The van der Waals surface area contributed by atoms with E-state index in [2.05, 4.69) is 18.6 Å². The third kappa shape index (κ3) is 6.50. The van der Waals surface area contributed by atoms with Crippen LogP contribution >= 0.6 is 0 Å². The molecule has 0 saturated heterocycles. The van der Waals surface area contributed by atoms with E-state index < -0.39 is 27.2 Å². The SMILES string of the molecule is CCC(C)CC(C)(CC(=O)O)NS(=O)C(C)(C)C. The van der Waals surface area contributed by atoms with Crippen molar-refractivity contribution < 1.29 is 14.1 Å². The first-order valence-electron chi connectivity index (χ1n) is 6.41. The summed E-state index contributed by atoms with van der Waals surface area (Å²) in [4.78, 5) is 11.0.